The van der Waals surface area contributed by atoms with E-state index in [1.54, 1.807) is 36.2 Å². The van der Waals surface area contributed by atoms with Crippen LogP contribution in [0.3, 0.4) is 0 Å². The van der Waals surface area contributed by atoms with E-state index in [9.17, 15) is 9.59 Å². The maximum absolute atomic E-state index is 13.1. The third-order valence-electron chi connectivity index (χ3n) is 5.26. The molecule has 1 aromatic heterocycles. The zero-order chi connectivity index (χ0) is 24.3. The molecule has 0 radical (unpaired) electrons. The van der Waals surface area contributed by atoms with E-state index in [4.69, 9.17) is 16.3 Å². The van der Waals surface area contributed by atoms with Crippen molar-refractivity contribution >= 4 is 40.8 Å². The third kappa shape index (κ3) is 7.61. The van der Waals surface area contributed by atoms with Gasteiger partial charge < -0.3 is 10.1 Å². The Bertz CT molecular complexity index is 1100. The second kappa shape index (κ2) is 13.2. The average Bonchev–Trinajstić information content (AvgIpc) is 2.87. The molecule has 0 aliphatic rings. The van der Waals surface area contributed by atoms with Crippen LogP contribution in [-0.4, -0.2) is 29.6 Å². The molecule has 0 unspecified atom stereocenters. The molecular formula is C27H29ClN2O3S. The number of anilines is 1. The Kier molecular flexibility index (Phi) is 9.98. The number of rotatable bonds is 12. The fraction of sp³-hybridized carbons (Fsp3) is 0.296. The van der Waals surface area contributed by atoms with Crippen LogP contribution in [0, 0.1) is 0 Å². The zero-order valence-corrected chi connectivity index (χ0v) is 21.0. The molecule has 0 amide bonds. The third-order valence-corrected chi connectivity index (χ3v) is 6.58. The zero-order valence-electron chi connectivity index (χ0n) is 19.5. The lowest BCUT2D eigenvalue weighted by molar-refractivity contribution is 0.0600. The van der Waals surface area contributed by atoms with Gasteiger partial charge in [0.1, 0.15) is 5.69 Å². The van der Waals surface area contributed by atoms with Crippen LogP contribution in [0.5, 0.6) is 0 Å². The minimum atomic E-state index is -0.461. The predicted octanol–water partition coefficient (Wildman–Crippen LogP) is 7.04. The maximum Gasteiger partial charge on any atom is 0.337 e. The highest BCUT2D eigenvalue weighted by Crippen LogP contribution is 2.25. The smallest absolute Gasteiger partial charge is 0.337 e. The van der Waals surface area contributed by atoms with Gasteiger partial charge in [-0.3, -0.25) is 9.78 Å². The molecule has 1 N–H and O–H groups in total. The van der Waals surface area contributed by atoms with Crippen molar-refractivity contribution in [3.8, 4) is 0 Å². The highest BCUT2D eigenvalue weighted by atomic mass is 35.5. The molecule has 0 fully saturated rings. The first-order valence-corrected chi connectivity index (χ1v) is 12.7. The molecule has 7 heteroatoms. The molecule has 3 rings (SSSR count). The number of thioether (sulfide) groups is 1. The van der Waals surface area contributed by atoms with Gasteiger partial charge in [0.2, 0.25) is 5.78 Å². The molecular weight excluding hydrogens is 468 g/mol. The Balaban J connectivity index is 1.70. The Morgan fingerprint density at radius 3 is 2.44 bits per heavy atom. The standard InChI is InChI=1S/C27H29ClN2O3S/c1-3-4-5-6-13-34-24-15-20(14-21(16-24)27(32)33-2)26(31)25-12-11-23(18-30-25)29-17-19-7-9-22(28)10-8-19/h7-12,14-16,18,29H,3-6,13,17H2,1-2H3. The molecule has 3 aromatic rings. The molecule has 0 saturated heterocycles. The van der Waals surface area contributed by atoms with Gasteiger partial charge in [-0.05, 0) is 60.2 Å². The SMILES string of the molecule is CCCCCCSc1cc(C(=O)OC)cc(C(=O)c2ccc(NCc3ccc(Cl)cc3)cn2)c1. The molecule has 2 aromatic carbocycles. The number of carbonyl (C=O) groups excluding carboxylic acids is 2. The summed E-state index contributed by atoms with van der Waals surface area (Å²) in [7, 11) is 1.34. The van der Waals surface area contributed by atoms with Gasteiger partial charge in [0.25, 0.3) is 0 Å². The van der Waals surface area contributed by atoms with Crippen LogP contribution in [0.1, 0.15) is 64.6 Å². The van der Waals surface area contributed by atoms with E-state index < -0.39 is 5.97 Å². The fourth-order valence-electron chi connectivity index (χ4n) is 3.36. The first-order valence-electron chi connectivity index (χ1n) is 11.4. The summed E-state index contributed by atoms with van der Waals surface area (Å²) in [6.45, 7) is 2.80. The number of halogens is 1. The largest absolute Gasteiger partial charge is 0.465 e. The molecule has 0 aliphatic carbocycles. The van der Waals surface area contributed by atoms with Crippen molar-refractivity contribution in [2.45, 2.75) is 44.0 Å². The van der Waals surface area contributed by atoms with Crippen molar-refractivity contribution < 1.29 is 14.3 Å². The number of nitrogens with one attached hydrogen (secondary N) is 1. The van der Waals surface area contributed by atoms with Crippen LogP contribution in [-0.2, 0) is 11.3 Å². The summed E-state index contributed by atoms with van der Waals surface area (Å²) >= 11 is 7.57. The van der Waals surface area contributed by atoms with E-state index in [0.717, 1.165) is 28.3 Å². The number of hydrogen-bond donors (Lipinski definition) is 1. The molecule has 1 heterocycles. The average molecular weight is 497 g/mol. The van der Waals surface area contributed by atoms with Crippen molar-refractivity contribution in [2.75, 3.05) is 18.2 Å². The van der Waals surface area contributed by atoms with Gasteiger partial charge in [0, 0.05) is 22.0 Å². The van der Waals surface area contributed by atoms with E-state index in [0.29, 0.717) is 28.4 Å². The van der Waals surface area contributed by atoms with Crippen LogP contribution in [0.15, 0.2) is 65.7 Å². The van der Waals surface area contributed by atoms with E-state index in [2.05, 4.69) is 17.2 Å². The lowest BCUT2D eigenvalue weighted by atomic mass is 10.0. The summed E-state index contributed by atoms with van der Waals surface area (Å²) in [6, 6.07) is 16.3. The van der Waals surface area contributed by atoms with Crippen LogP contribution in [0.25, 0.3) is 0 Å². The number of hydrogen-bond acceptors (Lipinski definition) is 6. The molecule has 0 bridgehead atoms. The lowest BCUT2D eigenvalue weighted by Gasteiger charge is -2.09. The van der Waals surface area contributed by atoms with Crippen molar-refractivity contribution in [1.82, 2.24) is 4.98 Å². The van der Waals surface area contributed by atoms with Crippen LogP contribution in [0.4, 0.5) is 5.69 Å². The molecule has 34 heavy (non-hydrogen) atoms. The molecule has 0 aliphatic heterocycles. The second-order valence-corrected chi connectivity index (χ2v) is 9.49. The van der Waals surface area contributed by atoms with Gasteiger partial charge in [-0.2, -0.15) is 0 Å². The quantitative estimate of drug-likeness (QED) is 0.125. The summed E-state index contributed by atoms with van der Waals surface area (Å²) in [5, 5.41) is 3.98. The van der Waals surface area contributed by atoms with Crippen molar-refractivity contribution in [1.29, 1.82) is 0 Å². The topological polar surface area (TPSA) is 68.3 Å². The summed E-state index contributed by atoms with van der Waals surface area (Å²) in [5.74, 6) is 0.241. The fourth-order valence-corrected chi connectivity index (χ4v) is 4.49. The van der Waals surface area contributed by atoms with Crippen molar-refractivity contribution in [3.05, 3.63) is 88.2 Å². The first-order chi connectivity index (χ1) is 16.5. The Morgan fingerprint density at radius 2 is 1.76 bits per heavy atom. The van der Waals surface area contributed by atoms with Crippen LogP contribution < -0.4 is 5.32 Å². The summed E-state index contributed by atoms with van der Waals surface area (Å²) in [5.41, 5.74) is 3.00. The summed E-state index contributed by atoms with van der Waals surface area (Å²) < 4.78 is 4.88. The number of esters is 1. The molecule has 0 atom stereocenters. The number of carbonyl (C=O) groups is 2. The van der Waals surface area contributed by atoms with Gasteiger partial charge in [-0.1, -0.05) is 49.9 Å². The van der Waals surface area contributed by atoms with Crippen molar-refractivity contribution in [3.63, 3.8) is 0 Å². The monoisotopic (exact) mass is 496 g/mol. The first kappa shape index (κ1) is 25.8. The highest BCUT2D eigenvalue weighted by molar-refractivity contribution is 7.99. The molecule has 0 spiro atoms. The molecule has 0 saturated carbocycles. The van der Waals surface area contributed by atoms with Gasteiger partial charge in [-0.25, -0.2) is 4.79 Å². The normalized spacial score (nSPS) is 10.7. The number of ketones is 1. The number of ether oxygens (including phenoxy) is 1. The van der Waals surface area contributed by atoms with E-state index in [1.165, 1.54) is 26.4 Å². The second-order valence-electron chi connectivity index (χ2n) is 7.89. The minimum absolute atomic E-state index is 0.233. The van der Waals surface area contributed by atoms with E-state index >= 15 is 0 Å². The number of aromatic nitrogens is 1. The van der Waals surface area contributed by atoms with Crippen LogP contribution >= 0.6 is 23.4 Å². The van der Waals surface area contributed by atoms with Crippen LogP contribution in [0.2, 0.25) is 5.02 Å². The van der Waals surface area contributed by atoms with Gasteiger partial charge >= 0.3 is 5.97 Å². The van der Waals surface area contributed by atoms with Gasteiger partial charge in [-0.15, -0.1) is 11.8 Å². The van der Waals surface area contributed by atoms with E-state index in [-0.39, 0.29) is 5.78 Å². The minimum Gasteiger partial charge on any atom is -0.465 e. The number of benzene rings is 2. The van der Waals surface area contributed by atoms with E-state index in [1.807, 2.05) is 36.4 Å². The molecule has 5 nitrogen and oxygen atoms in total. The highest BCUT2D eigenvalue weighted by Gasteiger charge is 2.16. The number of pyridine rings is 1. The summed E-state index contributed by atoms with van der Waals surface area (Å²) in [4.78, 5) is 30.5. The molecule has 178 valence electrons. The Hall–Kier alpha value is -2.83. The lowest BCUT2D eigenvalue weighted by Crippen LogP contribution is -2.08. The number of methoxy groups -OCH3 is 1. The van der Waals surface area contributed by atoms with Gasteiger partial charge in [0.05, 0.1) is 24.6 Å². The summed E-state index contributed by atoms with van der Waals surface area (Å²) in [6.07, 6.45) is 6.30. The Morgan fingerprint density at radius 1 is 1.00 bits per heavy atom. The number of nitrogens with zero attached hydrogens (tertiary/aromatic N) is 1. The van der Waals surface area contributed by atoms with Gasteiger partial charge in [0.15, 0.2) is 0 Å². The predicted molar refractivity (Wildman–Crippen MR) is 139 cm³/mol. The maximum atomic E-state index is 13.1. The van der Waals surface area contributed by atoms with Crippen molar-refractivity contribution in [2.24, 2.45) is 0 Å². The number of unbranched alkanes of at least 4 members (excludes halogenated alkanes) is 3. The Labute approximate surface area is 210 Å².